The lowest BCUT2D eigenvalue weighted by Gasteiger charge is -2.10. The van der Waals surface area contributed by atoms with Gasteiger partial charge in [-0.15, -0.1) is 0 Å². The summed E-state index contributed by atoms with van der Waals surface area (Å²) in [6, 6.07) is 9.04. The second-order valence-electron chi connectivity index (χ2n) is 3.99. The Hall–Kier alpha value is -1.90. The van der Waals surface area contributed by atoms with E-state index in [0.717, 1.165) is 23.2 Å². The molecule has 2 aromatic rings. The molecule has 0 amide bonds. The molecule has 1 aliphatic rings. The van der Waals surface area contributed by atoms with Gasteiger partial charge in [-0.1, -0.05) is 6.07 Å². The van der Waals surface area contributed by atoms with Crippen LogP contribution in [0.25, 0.3) is 0 Å². The van der Waals surface area contributed by atoms with Crippen molar-refractivity contribution in [3.63, 3.8) is 0 Å². The number of hydrogen-bond donors (Lipinski definition) is 1. The topological polar surface area (TPSA) is 24.9 Å². The van der Waals surface area contributed by atoms with Crippen LogP contribution in [0.2, 0.25) is 0 Å². The molecular formula is C13H11FN2. The standard InChI is InChI=1S/C13H11FN2/c14-11-3-4-12-10(6-11)7-13(16-12)9-2-1-5-15-8-9/h1-6,8,13,16H,7H2. The number of benzene rings is 1. The number of pyridine rings is 1. The Kier molecular flexibility index (Phi) is 2.10. The van der Waals surface area contributed by atoms with Crippen LogP contribution in [0.15, 0.2) is 42.7 Å². The molecule has 80 valence electrons. The van der Waals surface area contributed by atoms with Crippen molar-refractivity contribution < 1.29 is 4.39 Å². The van der Waals surface area contributed by atoms with Crippen molar-refractivity contribution in [2.45, 2.75) is 12.5 Å². The number of rotatable bonds is 1. The van der Waals surface area contributed by atoms with Gasteiger partial charge < -0.3 is 5.32 Å². The Morgan fingerprint density at radius 2 is 2.25 bits per heavy atom. The van der Waals surface area contributed by atoms with E-state index in [0.29, 0.717) is 0 Å². The molecule has 0 bridgehead atoms. The third-order valence-electron chi connectivity index (χ3n) is 2.91. The lowest BCUT2D eigenvalue weighted by molar-refractivity contribution is 0.626. The summed E-state index contributed by atoms with van der Waals surface area (Å²) >= 11 is 0. The monoisotopic (exact) mass is 214 g/mol. The minimum atomic E-state index is -0.174. The zero-order valence-corrected chi connectivity index (χ0v) is 8.65. The van der Waals surface area contributed by atoms with Crippen LogP contribution in [0.4, 0.5) is 10.1 Å². The van der Waals surface area contributed by atoms with Gasteiger partial charge in [-0.3, -0.25) is 4.98 Å². The molecule has 1 aliphatic heterocycles. The highest BCUT2D eigenvalue weighted by atomic mass is 19.1. The van der Waals surface area contributed by atoms with Gasteiger partial charge in [0.1, 0.15) is 5.82 Å². The average molecular weight is 214 g/mol. The van der Waals surface area contributed by atoms with Crippen LogP contribution in [-0.2, 0) is 6.42 Å². The Bertz CT molecular complexity index is 511. The van der Waals surface area contributed by atoms with Crippen LogP contribution in [-0.4, -0.2) is 4.98 Å². The second-order valence-corrected chi connectivity index (χ2v) is 3.99. The van der Waals surface area contributed by atoms with Crippen LogP contribution < -0.4 is 5.32 Å². The normalized spacial score (nSPS) is 17.9. The van der Waals surface area contributed by atoms with Gasteiger partial charge in [0.05, 0.1) is 6.04 Å². The van der Waals surface area contributed by atoms with Gasteiger partial charge in [0.2, 0.25) is 0 Å². The van der Waals surface area contributed by atoms with Gasteiger partial charge in [0, 0.05) is 18.1 Å². The molecule has 0 radical (unpaired) electrons. The average Bonchev–Trinajstić information content (AvgIpc) is 2.73. The number of halogens is 1. The third kappa shape index (κ3) is 1.54. The van der Waals surface area contributed by atoms with Crippen molar-refractivity contribution in [1.29, 1.82) is 0 Å². The summed E-state index contributed by atoms with van der Waals surface area (Å²) in [7, 11) is 0. The van der Waals surface area contributed by atoms with Crippen LogP contribution in [0, 0.1) is 5.82 Å². The molecule has 2 heterocycles. The summed E-state index contributed by atoms with van der Waals surface area (Å²) in [6.45, 7) is 0. The zero-order valence-electron chi connectivity index (χ0n) is 8.65. The number of nitrogens with one attached hydrogen (secondary N) is 1. The summed E-state index contributed by atoms with van der Waals surface area (Å²) in [5.41, 5.74) is 3.20. The Labute approximate surface area is 93.1 Å². The molecule has 0 saturated heterocycles. The van der Waals surface area contributed by atoms with E-state index in [2.05, 4.69) is 10.3 Å². The molecule has 1 aromatic heterocycles. The highest BCUT2D eigenvalue weighted by molar-refractivity contribution is 5.58. The first kappa shape index (κ1) is 9.33. The summed E-state index contributed by atoms with van der Waals surface area (Å²) in [5, 5.41) is 3.37. The molecule has 0 aliphatic carbocycles. The smallest absolute Gasteiger partial charge is 0.123 e. The van der Waals surface area contributed by atoms with Crippen molar-refractivity contribution in [3.05, 3.63) is 59.7 Å². The van der Waals surface area contributed by atoms with Crippen molar-refractivity contribution in [2.24, 2.45) is 0 Å². The van der Waals surface area contributed by atoms with Crippen molar-refractivity contribution in [2.75, 3.05) is 5.32 Å². The predicted molar refractivity (Wildman–Crippen MR) is 60.7 cm³/mol. The van der Waals surface area contributed by atoms with Gasteiger partial charge in [-0.05, 0) is 41.8 Å². The number of nitrogens with zero attached hydrogens (tertiary/aromatic N) is 1. The fraction of sp³-hybridized carbons (Fsp3) is 0.154. The lowest BCUT2D eigenvalue weighted by atomic mass is 10.0. The molecule has 1 atom stereocenters. The van der Waals surface area contributed by atoms with Gasteiger partial charge in [-0.25, -0.2) is 4.39 Å². The molecule has 16 heavy (non-hydrogen) atoms. The number of fused-ring (bicyclic) bond motifs is 1. The zero-order chi connectivity index (χ0) is 11.0. The highest BCUT2D eigenvalue weighted by Gasteiger charge is 2.22. The highest BCUT2D eigenvalue weighted by Crippen LogP contribution is 2.33. The SMILES string of the molecule is Fc1ccc2c(c1)CC(c1cccnc1)N2. The Balaban J connectivity index is 1.91. The molecule has 3 rings (SSSR count). The van der Waals surface area contributed by atoms with Crippen molar-refractivity contribution in [3.8, 4) is 0 Å². The maximum atomic E-state index is 13.1. The van der Waals surface area contributed by atoms with Crippen LogP contribution in [0.3, 0.4) is 0 Å². The number of aromatic nitrogens is 1. The Morgan fingerprint density at radius 1 is 1.31 bits per heavy atom. The lowest BCUT2D eigenvalue weighted by Crippen LogP contribution is -2.05. The Morgan fingerprint density at radius 3 is 3.06 bits per heavy atom. The van der Waals surface area contributed by atoms with E-state index >= 15 is 0 Å². The molecule has 1 aromatic carbocycles. The third-order valence-corrected chi connectivity index (χ3v) is 2.91. The minimum Gasteiger partial charge on any atom is -0.378 e. The van der Waals surface area contributed by atoms with Gasteiger partial charge in [0.15, 0.2) is 0 Å². The molecule has 0 fully saturated rings. The van der Waals surface area contributed by atoms with E-state index in [1.165, 1.54) is 6.07 Å². The van der Waals surface area contributed by atoms with Crippen molar-refractivity contribution >= 4 is 5.69 Å². The first-order chi connectivity index (χ1) is 7.83. The summed E-state index contributed by atoms with van der Waals surface area (Å²) in [5.74, 6) is -0.174. The van der Waals surface area contributed by atoms with Gasteiger partial charge in [0.25, 0.3) is 0 Å². The molecule has 0 spiro atoms. The maximum Gasteiger partial charge on any atom is 0.123 e. The molecule has 1 unspecified atom stereocenters. The first-order valence-electron chi connectivity index (χ1n) is 5.28. The van der Waals surface area contributed by atoms with E-state index in [1.54, 1.807) is 18.3 Å². The quantitative estimate of drug-likeness (QED) is 0.789. The maximum absolute atomic E-state index is 13.1. The van der Waals surface area contributed by atoms with Gasteiger partial charge in [-0.2, -0.15) is 0 Å². The fourth-order valence-corrected chi connectivity index (χ4v) is 2.11. The predicted octanol–water partition coefficient (Wildman–Crippen LogP) is 2.93. The molecular weight excluding hydrogens is 203 g/mol. The number of anilines is 1. The molecule has 0 saturated carbocycles. The van der Waals surface area contributed by atoms with E-state index in [4.69, 9.17) is 0 Å². The summed E-state index contributed by atoms with van der Waals surface area (Å²) in [4.78, 5) is 4.10. The minimum absolute atomic E-state index is 0.174. The molecule has 3 heteroatoms. The van der Waals surface area contributed by atoms with E-state index in [9.17, 15) is 4.39 Å². The summed E-state index contributed by atoms with van der Waals surface area (Å²) < 4.78 is 13.1. The van der Waals surface area contributed by atoms with Crippen molar-refractivity contribution in [1.82, 2.24) is 4.98 Å². The molecule has 2 nitrogen and oxygen atoms in total. The van der Waals surface area contributed by atoms with E-state index in [-0.39, 0.29) is 11.9 Å². The first-order valence-corrected chi connectivity index (χ1v) is 5.28. The van der Waals surface area contributed by atoms with Crippen LogP contribution in [0.5, 0.6) is 0 Å². The van der Waals surface area contributed by atoms with E-state index in [1.807, 2.05) is 18.3 Å². The second kappa shape index (κ2) is 3.59. The fourth-order valence-electron chi connectivity index (χ4n) is 2.11. The molecule has 1 N–H and O–H groups in total. The van der Waals surface area contributed by atoms with Crippen LogP contribution >= 0.6 is 0 Å². The van der Waals surface area contributed by atoms with Gasteiger partial charge >= 0.3 is 0 Å². The largest absolute Gasteiger partial charge is 0.378 e. The van der Waals surface area contributed by atoms with Crippen LogP contribution in [0.1, 0.15) is 17.2 Å². The van der Waals surface area contributed by atoms with E-state index < -0.39 is 0 Å². The summed E-state index contributed by atoms with van der Waals surface area (Å²) in [6.07, 6.45) is 4.42. The number of hydrogen-bond acceptors (Lipinski definition) is 2.